The van der Waals surface area contributed by atoms with Crippen LogP contribution in [0.4, 0.5) is 4.39 Å². The zero-order chi connectivity index (χ0) is 15.8. The molecule has 0 radical (unpaired) electrons. The maximum atomic E-state index is 12.9. The second-order valence-corrected chi connectivity index (χ2v) is 6.10. The molecule has 0 aliphatic heterocycles. The van der Waals surface area contributed by atoms with Gasteiger partial charge in [-0.1, -0.05) is 17.7 Å². The first-order valence-corrected chi connectivity index (χ1v) is 7.41. The lowest BCUT2D eigenvalue weighted by Gasteiger charge is -2.08. The minimum absolute atomic E-state index is 0.0604. The van der Waals surface area contributed by atoms with Gasteiger partial charge in [-0.2, -0.15) is 0 Å². The Morgan fingerprint density at radius 2 is 2.00 bits per heavy atom. The van der Waals surface area contributed by atoms with Crippen LogP contribution in [0.25, 0.3) is 0 Å². The van der Waals surface area contributed by atoms with E-state index < -0.39 is 32.0 Å². The van der Waals surface area contributed by atoms with Gasteiger partial charge in [0.25, 0.3) is 5.56 Å². The highest BCUT2D eigenvalue weighted by molar-refractivity contribution is 7.89. The van der Waals surface area contributed by atoms with E-state index in [0.29, 0.717) is 5.56 Å². The van der Waals surface area contributed by atoms with Crippen LogP contribution >= 0.6 is 11.6 Å². The molecule has 21 heavy (non-hydrogen) atoms. The lowest BCUT2D eigenvalue weighted by molar-refractivity contribution is 0.591. The van der Waals surface area contributed by atoms with Crippen LogP contribution in [-0.4, -0.2) is 18.0 Å². The van der Waals surface area contributed by atoms with Gasteiger partial charge >= 0.3 is 5.69 Å². The number of nitrogens with two attached hydrogens (primary N) is 1. The number of primary sulfonamides is 1. The molecule has 0 saturated heterocycles. The summed E-state index contributed by atoms with van der Waals surface area (Å²) in [5.74, 6) is -0.553. The third-order valence-electron chi connectivity index (χ3n) is 2.64. The van der Waals surface area contributed by atoms with Gasteiger partial charge in [0.1, 0.15) is 5.82 Å². The Morgan fingerprint density at radius 3 is 2.57 bits per heavy atom. The Kier molecular flexibility index (Phi) is 3.99. The van der Waals surface area contributed by atoms with E-state index in [9.17, 15) is 22.4 Å². The summed E-state index contributed by atoms with van der Waals surface area (Å²) in [4.78, 5) is 24.1. The number of aromatic amines is 1. The van der Waals surface area contributed by atoms with Crippen LogP contribution in [0.2, 0.25) is 5.02 Å². The first-order valence-electron chi connectivity index (χ1n) is 5.49. The first-order chi connectivity index (χ1) is 9.68. The van der Waals surface area contributed by atoms with E-state index in [2.05, 4.69) is 0 Å². The highest BCUT2D eigenvalue weighted by Crippen LogP contribution is 2.17. The second kappa shape index (κ2) is 5.43. The number of rotatable bonds is 3. The number of sulfonamides is 1. The van der Waals surface area contributed by atoms with Gasteiger partial charge in [0.2, 0.25) is 10.0 Å². The van der Waals surface area contributed by atoms with E-state index in [0.717, 1.165) is 22.9 Å². The second-order valence-electron chi connectivity index (χ2n) is 4.16. The van der Waals surface area contributed by atoms with E-state index in [1.54, 1.807) is 0 Å². The molecule has 0 spiro atoms. The fourth-order valence-electron chi connectivity index (χ4n) is 1.64. The maximum Gasteiger partial charge on any atom is 0.328 e. The lowest BCUT2D eigenvalue weighted by atomic mass is 10.2. The SMILES string of the molecule is NS(=O)(=O)c1cn(Cc2ccc(F)cc2Cl)c(=O)[nH]c1=O. The molecule has 1 aromatic heterocycles. The maximum absolute atomic E-state index is 12.9. The molecule has 0 unspecified atom stereocenters. The topological polar surface area (TPSA) is 115 Å². The van der Waals surface area contributed by atoms with Crippen LogP contribution in [0.5, 0.6) is 0 Å². The molecule has 0 amide bonds. The first kappa shape index (κ1) is 15.4. The third-order valence-corrected chi connectivity index (χ3v) is 3.90. The third kappa shape index (κ3) is 3.38. The fourth-order valence-corrected chi connectivity index (χ4v) is 2.45. The number of hydrogen-bond acceptors (Lipinski definition) is 4. The van der Waals surface area contributed by atoms with Crippen molar-refractivity contribution in [1.29, 1.82) is 0 Å². The van der Waals surface area contributed by atoms with Crippen molar-refractivity contribution in [2.75, 3.05) is 0 Å². The van der Waals surface area contributed by atoms with E-state index in [1.165, 1.54) is 6.07 Å². The van der Waals surface area contributed by atoms with Crippen molar-refractivity contribution in [2.24, 2.45) is 5.14 Å². The zero-order valence-corrected chi connectivity index (χ0v) is 11.9. The largest absolute Gasteiger partial charge is 0.328 e. The number of nitrogens with zero attached hydrogens (tertiary/aromatic N) is 1. The van der Waals surface area contributed by atoms with E-state index in [4.69, 9.17) is 16.7 Å². The van der Waals surface area contributed by atoms with E-state index >= 15 is 0 Å². The van der Waals surface area contributed by atoms with E-state index in [1.807, 2.05) is 4.98 Å². The van der Waals surface area contributed by atoms with Crippen LogP contribution in [0.15, 0.2) is 38.9 Å². The predicted octanol–water partition coefficient (Wildman–Crippen LogP) is 0.0248. The number of H-pyrrole nitrogens is 1. The van der Waals surface area contributed by atoms with Gasteiger partial charge in [-0.05, 0) is 17.7 Å². The molecule has 7 nitrogen and oxygen atoms in total. The minimum Gasteiger partial charge on any atom is -0.295 e. The van der Waals surface area contributed by atoms with Gasteiger partial charge in [-0.3, -0.25) is 14.3 Å². The molecule has 112 valence electrons. The lowest BCUT2D eigenvalue weighted by Crippen LogP contribution is -2.34. The molecule has 1 heterocycles. The van der Waals surface area contributed by atoms with Crippen molar-refractivity contribution < 1.29 is 12.8 Å². The molecule has 0 atom stereocenters. The minimum atomic E-state index is -4.28. The molecule has 3 N–H and O–H groups in total. The van der Waals surface area contributed by atoms with Gasteiger partial charge < -0.3 is 0 Å². The van der Waals surface area contributed by atoms with Crippen LogP contribution in [-0.2, 0) is 16.6 Å². The normalized spacial score (nSPS) is 11.6. The van der Waals surface area contributed by atoms with Crippen LogP contribution in [0.1, 0.15) is 5.56 Å². The molecular weight excluding hydrogens is 325 g/mol. The van der Waals surface area contributed by atoms with Crippen molar-refractivity contribution in [3.8, 4) is 0 Å². The molecule has 1 aromatic carbocycles. The molecule has 10 heteroatoms. The Morgan fingerprint density at radius 1 is 1.33 bits per heavy atom. The summed E-state index contributed by atoms with van der Waals surface area (Å²) in [6.45, 7) is -0.156. The summed E-state index contributed by atoms with van der Waals surface area (Å²) in [6.07, 6.45) is 0.816. The van der Waals surface area contributed by atoms with Gasteiger partial charge in [0.05, 0.1) is 6.54 Å². The summed E-state index contributed by atoms with van der Waals surface area (Å²) in [7, 11) is -4.28. The number of benzene rings is 1. The predicted molar refractivity (Wildman–Crippen MR) is 73.2 cm³/mol. The average Bonchev–Trinajstić information content (AvgIpc) is 2.33. The molecule has 0 aliphatic carbocycles. The van der Waals surface area contributed by atoms with Crippen molar-refractivity contribution in [1.82, 2.24) is 9.55 Å². The standard InChI is InChI=1S/C11H9ClFN3O4S/c12-8-3-7(13)2-1-6(8)4-16-5-9(21(14,19)20)10(17)15-11(16)18/h1-3,5H,4H2,(H2,14,19,20)(H,15,17,18). The molecule has 0 fully saturated rings. The number of halogens is 2. The smallest absolute Gasteiger partial charge is 0.295 e. The summed E-state index contributed by atoms with van der Waals surface area (Å²) in [5.41, 5.74) is -1.58. The van der Waals surface area contributed by atoms with Gasteiger partial charge in [-0.15, -0.1) is 0 Å². The molecule has 2 aromatic rings. The number of aromatic nitrogens is 2. The summed E-state index contributed by atoms with van der Waals surface area (Å²) in [6, 6.07) is 3.53. The molecule has 0 saturated carbocycles. The van der Waals surface area contributed by atoms with E-state index in [-0.39, 0.29) is 11.6 Å². The Labute approximate surface area is 122 Å². The quantitative estimate of drug-likeness (QED) is 0.824. The number of hydrogen-bond donors (Lipinski definition) is 2. The van der Waals surface area contributed by atoms with Gasteiger partial charge in [-0.25, -0.2) is 22.7 Å². The molecular formula is C11H9ClFN3O4S. The van der Waals surface area contributed by atoms with Crippen molar-refractivity contribution in [3.63, 3.8) is 0 Å². The Balaban J connectivity index is 2.55. The Hall–Kier alpha value is -1.97. The van der Waals surface area contributed by atoms with Crippen molar-refractivity contribution in [3.05, 3.63) is 61.6 Å². The highest BCUT2D eigenvalue weighted by atomic mass is 35.5. The van der Waals surface area contributed by atoms with Crippen molar-refractivity contribution in [2.45, 2.75) is 11.4 Å². The summed E-state index contributed by atoms with van der Waals surface area (Å²) < 4.78 is 36.3. The monoisotopic (exact) mass is 333 g/mol. The molecule has 2 rings (SSSR count). The molecule has 0 aliphatic rings. The van der Waals surface area contributed by atoms with Gasteiger partial charge in [0, 0.05) is 11.2 Å². The van der Waals surface area contributed by atoms with Crippen molar-refractivity contribution >= 4 is 21.6 Å². The molecule has 0 bridgehead atoms. The fraction of sp³-hybridized carbons (Fsp3) is 0.0909. The highest BCUT2D eigenvalue weighted by Gasteiger charge is 2.16. The van der Waals surface area contributed by atoms with Crippen LogP contribution in [0, 0.1) is 5.82 Å². The summed E-state index contributed by atoms with van der Waals surface area (Å²) >= 11 is 5.82. The zero-order valence-electron chi connectivity index (χ0n) is 10.3. The van der Waals surface area contributed by atoms with Crippen LogP contribution < -0.4 is 16.4 Å². The van der Waals surface area contributed by atoms with Crippen LogP contribution in [0.3, 0.4) is 0 Å². The average molecular weight is 334 g/mol. The van der Waals surface area contributed by atoms with Gasteiger partial charge in [0.15, 0.2) is 4.90 Å². The Bertz CT molecular complexity index is 920. The number of nitrogens with one attached hydrogen (secondary N) is 1. The summed E-state index contributed by atoms with van der Waals surface area (Å²) in [5, 5.41) is 4.94.